The molecule has 8 nitrogen and oxygen atoms in total. The first-order chi connectivity index (χ1) is 65.7. The first kappa shape index (κ1) is 75.7. The van der Waals surface area contributed by atoms with E-state index in [1.165, 1.54) is 86.9 Å². The number of nitrogens with zero attached hydrogens (tertiary/aromatic N) is 4. The summed E-state index contributed by atoms with van der Waals surface area (Å²) < 4.78 is 27.3. The van der Waals surface area contributed by atoms with Crippen LogP contribution < -0.4 is 29.1 Å². The SMILES string of the molecule is CC1(C)c2ccccc2-c2ccc(N(c3ccccc3)c3cc4c5cccc6c5c(cc4c4ccccc34)-c3ccc(N(c4ccccc4)c4cccc5c4oc4ccccc45)cc3O6)cc21.c1ccc(N(c2ccc3c(ccc4ccccc43)c2)c2cc3c4cccc5c4c(cc3c3ccccc23)-c2ccc(N(c3ccccc3)c3cccc4c3oc3ccccc34)cc2O5)cc1. The van der Waals surface area contributed by atoms with Gasteiger partial charge < -0.3 is 37.9 Å². The Morgan fingerprint density at radius 3 is 1.04 bits per heavy atom. The molecule has 0 saturated carbocycles. The zero-order chi connectivity index (χ0) is 87.7. The predicted octanol–water partition coefficient (Wildman–Crippen LogP) is 36.1. The van der Waals surface area contributed by atoms with E-state index in [0.29, 0.717) is 0 Å². The van der Waals surface area contributed by atoms with Crippen LogP contribution in [0.2, 0.25) is 0 Å². The molecule has 624 valence electrons. The lowest BCUT2D eigenvalue weighted by Gasteiger charge is -2.30. The van der Waals surface area contributed by atoms with Gasteiger partial charge >= 0.3 is 0 Å². The van der Waals surface area contributed by atoms with E-state index in [4.69, 9.17) is 18.3 Å². The standard InChI is InChI=1S/C63H42N2O2.C62H38N2O2/c1-63(2)54-27-13-11-22-44(54)45-33-31-41(35-55(45)63)65(40-19-7-4-8-20-40)57-38-52-49-25-16-30-59-61(49)53(37-51(52)43-21-9-10-23-46(43)57)48-34-32-42(36-60(48)66-59)64(39-17-5-3-6-18-39)56-28-15-26-50-47-24-12-14-29-58(47)67-62(50)56;1-3-16-41(17-4-1)63(56-26-13-25-52-49-23-11-12-27-58(49)66-62(52)56)44-32-34-50-55-37-53-47-21-9-10-22-48(47)57(38-54(53)51-24-14-28-59(61(51)55)65-60(50)36-44)64(42-18-5-2-6-19-42)43-31-33-46-40(35-43)30-29-39-15-7-8-20-45(39)46/h3-38H,1-2H3;1-38H. The van der Waals surface area contributed by atoms with Crippen molar-refractivity contribution in [2.75, 3.05) is 19.6 Å². The van der Waals surface area contributed by atoms with E-state index in [1.807, 2.05) is 24.3 Å². The maximum atomic E-state index is 7.03. The van der Waals surface area contributed by atoms with Crippen molar-refractivity contribution in [2.45, 2.75) is 19.3 Å². The highest BCUT2D eigenvalue weighted by molar-refractivity contribution is 6.28. The van der Waals surface area contributed by atoms with Gasteiger partial charge in [0.1, 0.15) is 34.2 Å². The second kappa shape index (κ2) is 29.8. The maximum Gasteiger partial charge on any atom is 0.159 e. The van der Waals surface area contributed by atoms with Crippen molar-refractivity contribution in [1.29, 1.82) is 0 Å². The minimum absolute atomic E-state index is 0.133. The van der Waals surface area contributed by atoms with Crippen LogP contribution in [0.4, 0.5) is 68.2 Å². The zero-order valence-corrected chi connectivity index (χ0v) is 72.6. The van der Waals surface area contributed by atoms with Gasteiger partial charge in [0.05, 0.1) is 34.1 Å². The van der Waals surface area contributed by atoms with Gasteiger partial charge in [0.2, 0.25) is 0 Å². The van der Waals surface area contributed by atoms with Gasteiger partial charge in [0.15, 0.2) is 11.2 Å². The highest BCUT2D eigenvalue weighted by Gasteiger charge is 2.37. The van der Waals surface area contributed by atoms with Gasteiger partial charge in [0.25, 0.3) is 0 Å². The summed E-state index contributed by atoms with van der Waals surface area (Å²) >= 11 is 0. The summed E-state index contributed by atoms with van der Waals surface area (Å²) in [6.07, 6.45) is 0. The number of rotatable bonds is 12. The van der Waals surface area contributed by atoms with Crippen LogP contribution in [0.5, 0.6) is 23.0 Å². The lowest BCUT2D eigenvalue weighted by Crippen LogP contribution is -2.16. The van der Waals surface area contributed by atoms with E-state index in [-0.39, 0.29) is 5.41 Å². The Balaban J connectivity index is 0.000000136. The Morgan fingerprint density at radius 2 is 0.534 bits per heavy atom. The maximum absolute atomic E-state index is 7.03. The summed E-state index contributed by atoms with van der Waals surface area (Å²) in [7, 11) is 0. The summed E-state index contributed by atoms with van der Waals surface area (Å²) in [5.41, 5.74) is 25.7. The van der Waals surface area contributed by atoms with Crippen molar-refractivity contribution in [2.24, 2.45) is 0 Å². The molecule has 0 atom stereocenters. The number of anilines is 12. The topological polar surface area (TPSA) is 57.7 Å². The second-order valence-electron chi connectivity index (χ2n) is 35.6. The van der Waals surface area contributed by atoms with Crippen LogP contribution in [-0.4, -0.2) is 0 Å². The fourth-order valence-corrected chi connectivity index (χ4v) is 21.9. The Kier molecular flexibility index (Phi) is 17.0. The molecule has 25 aromatic rings. The van der Waals surface area contributed by atoms with Crippen molar-refractivity contribution in [1.82, 2.24) is 0 Å². The molecule has 0 spiro atoms. The van der Waals surface area contributed by atoms with Crippen molar-refractivity contribution in [3.63, 3.8) is 0 Å². The van der Waals surface area contributed by atoms with E-state index in [9.17, 15) is 0 Å². The Bertz CT molecular complexity index is 9160. The average Bonchev–Trinajstić information content (AvgIpc) is 1.16. The molecule has 0 fully saturated rings. The second-order valence-corrected chi connectivity index (χ2v) is 35.6. The Morgan fingerprint density at radius 1 is 0.180 bits per heavy atom. The number of hydrogen-bond acceptors (Lipinski definition) is 8. The van der Waals surface area contributed by atoms with Gasteiger partial charge in [0, 0.05) is 106 Å². The van der Waals surface area contributed by atoms with E-state index in [0.717, 1.165) is 179 Å². The normalized spacial score (nSPS) is 12.6. The van der Waals surface area contributed by atoms with Crippen molar-refractivity contribution < 1.29 is 18.3 Å². The smallest absolute Gasteiger partial charge is 0.159 e. The Labute approximate surface area is 766 Å². The monoisotopic (exact) mass is 1700 g/mol. The molecule has 23 aromatic carbocycles. The van der Waals surface area contributed by atoms with Gasteiger partial charge in [-0.2, -0.15) is 0 Å². The first-order valence-electron chi connectivity index (χ1n) is 45.6. The fraction of sp³-hybridized carbons (Fsp3) is 0.0240. The summed E-state index contributed by atoms with van der Waals surface area (Å²) in [4.78, 5) is 9.42. The molecule has 0 saturated heterocycles. The van der Waals surface area contributed by atoms with E-state index in [1.54, 1.807) is 0 Å². The number of benzene rings is 23. The average molecular weight is 1700 g/mol. The van der Waals surface area contributed by atoms with E-state index >= 15 is 0 Å². The van der Waals surface area contributed by atoms with Crippen molar-refractivity contribution >= 4 is 198 Å². The van der Waals surface area contributed by atoms with Crippen LogP contribution in [0, 0.1) is 0 Å². The minimum Gasteiger partial charge on any atom is -0.456 e. The van der Waals surface area contributed by atoms with Gasteiger partial charge in [-0.05, 0) is 256 Å². The third-order valence-corrected chi connectivity index (χ3v) is 27.9. The highest BCUT2D eigenvalue weighted by atomic mass is 16.5. The van der Waals surface area contributed by atoms with Crippen LogP contribution in [0.3, 0.4) is 0 Å². The number of hydrogen-bond donors (Lipinski definition) is 0. The molecule has 2 aromatic heterocycles. The molecular formula is C125H80N4O4. The van der Waals surface area contributed by atoms with Crippen LogP contribution in [0.1, 0.15) is 25.0 Å². The molecule has 0 unspecified atom stereocenters. The predicted molar refractivity (Wildman–Crippen MR) is 555 cm³/mol. The van der Waals surface area contributed by atoms with Gasteiger partial charge in [-0.3, -0.25) is 0 Å². The molecule has 0 radical (unpaired) electrons. The summed E-state index contributed by atoms with van der Waals surface area (Å²) in [6, 6.07) is 161. The van der Waals surface area contributed by atoms with E-state index < -0.39 is 0 Å². The first-order valence-corrected chi connectivity index (χ1v) is 45.6. The number of ether oxygens (including phenoxy) is 2. The van der Waals surface area contributed by atoms with Gasteiger partial charge in [-0.15, -0.1) is 0 Å². The van der Waals surface area contributed by atoms with Crippen molar-refractivity contribution in [3.05, 3.63) is 460 Å². The molecule has 0 amide bonds. The molecule has 0 bridgehead atoms. The molecule has 3 aliphatic rings. The third-order valence-electron chi connectivity index (χ3n) is 27.9. The van der Waals surface area contributed by atoms with Crippen LogP contribution in [0.25, 0.3) is 163 Å². The molecule has 2 aliphatic heterocycles. The summed E-state index contributed by atoms with van der Waals surface area (Å²) in [5, 5.41) is 23.4. The zero-order valence-electron chi connectivity index (χ0n) is 72.6. The minimum atomic E-state index is -0.133. The number of fused-ring (bicyclic) bond motifs is 24. The lowest BCUT2D eigenvalue weighted by molar-refractivity contribution is 0.487. The molecule has 133 heavy (non-hydrogen) atoms. The third kappa shape index (κ3) is 11.9. The quantitative estimate of drug-likeness (QED) is 0.112. The van der Waals surface area contributed by atoms with Gasteiger partial charge in [-0.1, -0.05) is 293 Å². The molecule has 28 rings (SSSR count). The fourth-order valence-electron chi connectivity index (χ4n) is 21.9. The number of para-hydroxylation sites is 8. The highest BCUT2D eigenvalue weighted by Crippen LogP contribution is 2.59. The van der Waals surface area contributed by atoms with Gasteiger partial charge in [-0.25, -0.2) is 0 Å². The lowest BCUT2D eigenvalue weighted by atomic mass is 9.82. The summed E-state index contributed by atoms with van der Waals surface area (Å²) in [5.74, 6) is 3.31. The Hall–Kier alpha value is -17.5. The number of furan rings is 2. The molecule has 4 heterocycles. The molecule has 1 aliphatic carbocycles. The summed E-state index contributed by atoms with van der Waals surface area (Å²) in [6.45, 7) is 4.71. The van der Waals surface area contributed by atoms with Crippen LogP contribution in [-0.2, 0) is 5.41 Å². The van der Waals surface area contributed by atoms with E-state index in [2.05, 4.69) is 458 Å². The largest absolute Gasteiger partial charge is 0.456 e. The molecule has 8 heteroatoms. The van der Waals surface area contributed by atoms with Crippen LogP contribution in [0.15, 0.2) is 458 Å². The molecular weight excluding hydrogens is 1620 g/mol. The van der Waals surface area contributed by atoms with Crippen molar-refractivity contribution in [3.8, 4) is 56.4 Å². The molecule has 0 N–H and O–H groups in total. The van der Waals surface area contributed by atoms with Crippen LogP contribution >= 0.6 is 0 Å².